The number of benzene rings is 1. The van der Waals surface area contributed by atoms with Gasteiger partial charge < -0.3 is 9.73 Å². The van der Waals surface area contributed by atoms with Gasteiger partial charge in [0.05, 0.1) is 18.5 Å². The van der Waals surface area contributed by atoms with Crippen LogP contribution in [0.25, 0.3) is 11.3 Å². The smallest absolute Gasteiger partial charge is 0.134 e. The van der Waals surface area contributed by atoms with Crippen molar-refractivity contribution in [3.05, 3.63) is 48.0 Å². The lowest BCUT2D eigenvalue weighted by Crippen LogP contribution is -2.31. The Balaban J connectivity index is 1.63. The summed E-state index contributed by atoms with van der Waals surface area (Å²) in [4.78, 5) is 0. The van der Waals surface area contributed by atoms with E-state index in [0.717, 1.165) is 36.3 Å². The predicted molar refractivity (Wildman–Crippen MR) is 77.7 cm³/mol. The zero-order chi connectivity index (χ0) is 14.7. The summed E-state index contributed by atoms with van der Waals surface area (Å²) < 4.78 is 18.7. The Morgan fingerprint density at radius 3 is 2.76 bits per heavy atom. The van der Waals surface area contributed by atoms with Crippen molar-refractivity contribution in [3.8, 4) is 17.4 Å². The normalized spacial score (nSPS) is 21.3. The van der Waals surface area contributed by atoms with E-state index in [2.05, 4.69) is 11.4 Å². The van der Waals surface area contributed by atoms with Crippen LogP contribution in [0, 0.1) is 23.1 Å². The molecule has 0 aliphatic heterocycles. The second-order valence-electron chi connectivity index (χ2n) is 5.43. The minimum atomic E-state index is -0.254. The topological polar surface area (TPSA) is 49.0 Å². The molecule has 1 aromatic heterocycles. The summed E-state index contributed by atoms with van der Waals surface area (Å²) in [5, 5.41) is 12.5. The van der Waals surface area contributed by atoms with E-state index in [1.807, 2.05) is 12.1 Å². The summed E-state index contributed by atoms with van der Waals surface area (Å²) in [5.41, 5.74) is 0.860. The van der Waals surface area contributed by atoms with Crippen molar-refractivity contribution in [2.45, 2.75) is 31.8 Å². The number of rotatable bonds is 4. The lowest BCUT2D eigenvalue weighted by molar-refractivity contribution is 0.423. The first-order chi connectivity index (χ1) is 10.3. The van der Waals surface area contributed by atoms with Crippen molar-refractivity contribution >= 4 is 0 Å². The highest BCUT2D eigenvalue weighted by atomic mass is 19.1. The molecule has 1 N–H and O–H groups in total. The highest BCUT2D eigenvalue weighted by Gasteiger charge is 2.26. The van der Waals surface area contributed by atoms with Gasteiger partial charge in [0.15, 0.2) is 0 Å². The lowest BCUT2D eigenvalue weighted by atomic mass is 10.1. The minimum absolute atomic E-state index is 0.108. The van der Waals surface area contributed by atoms with Crippen molar-refractivity contribution < 1.29 is 8.81 Å². The summed E-state index contributed by atoms with van der Waals surface area (Å²) in [6.07, 6.45) is 3.13. The summed E-state index contributed by atoms with van der Waals surface area (Å²) in [7, 11) is 0. The molecule has 21 heavy (non-hydrogen) atoms. The third-order valence-corrected chi connectivity index (χ3v) is 4.01. The SMILES string of the molecule is N#CC1CCCC1NCc1ccc(-c2ccc(F)cc2)o1. The van der Waals surface area contributed by atoms with E-state index in [4.69, 9.17) is 9.68 Å². The zero-order valence-electron chi connectivity index (χ0n) is 11.7. The highest BCUT2D eigenvalue weighted by Crippen LogP contribution is 2.26. The Labute approximate surface area is 123 Å². The summed E-state index contributed by atoms with van der Waals surface area (Å²) in [5.74, 6) is 1.42. The van der Waals surface area contributed by atoms with Gasteiger partial charge in [-0.05, 0) is 49.2 Å². The van der Waals surface area contributed by atoms with Gasteiger partial charge in [-0.3, -0.25) is 0 Å². The molecular formula is C17H17FN2O. The molecule has 1 aliphatic rings. The number of hydrogen-bond donors (Lipinski definition) is 1. The maximum atomic E-state index is 12.9. The van der Waals surface area contributed by atoms with Crippen LogP contribution in [0.5, 0.6) is 0 Å². The van der Waals surface area contributed by atoms with E-state index in [1.54, 1.807) is 12.1 Å². The Hall–Kier alpha value is -2.12. The second kappa shape index (κ2) is 6.11. The molecule has 2 aromatic rings. The van der Waals surface area contributed by atoms with Crippen molar-refractivity contribution in [1.82, 2.24) is 5.32 Å². The molecule has 1 saturated carbocycles. The molecule has 0 spiro atoms. The van der Waals surface area contributed by atoms with Crippen molar-refractivity contribution in [3.63, 3.8) is 0 Å². The van der Waals surface area contributed by atoms with Gasteiger partial charge in [0, 0.05) is 11.6 Å². The zero-order valence-corrected chi connectivity index (χ0v) is 11.7. The molecule has 1 aliphatic carbocycles. The number of hydrogen-bond acceptors (Lipinski definition) is 3. The average molecular weight is 284 g/mol. The molecule has 4 heteroatoms. The molecule has 1 aromatic carbocycles. The Kier molecular flexibility index (Phi) is 4.03. The van der Waals surface area contributed by atoms with Gasteiger partial charge in [0.2, 0.25) is 0 Å². The molecule has 108 valence electrons. The van der Waals surface area contributed by atoms with Gasteiger partial charge in [-0.15, -0.1) is 0 Å². The molecule has 1 heterocycles. The lowest BCUT2D eigenvalue weighted by Gasteiger charge is -2.14. The Morgan fingerprint density at radius 2 is 2.00 bits per heavy atom. The van der Waals surface area contributed by atoms with E-state index < -0.39 is 0 Å². The van der Waals surface area contributed by atoms with E-state index in [-0.39, 0.29) is 17.8 Å². The molecule has 3 nitrogen and oxygen atoms in total. The fourth-order valence-corrected chi connectivity index (χ4v) is 2.83. The first-order valence-corrected chi connectivity index (χ1v) is 7.24. The van der Waals surface area contributed by atoms with Crippen LogP contribution in [0.3, 0.4) is 0 Å². The Bertz CT molecular complexity index is 642. The number of halogens is 1. The van der Waals surface area contributed by atoms with Gasteiger partial charge in [0.25, 0.3) is 0 Å². The molecule has 2 atom stereocenters. The fraction of sp³-hybridized carbons (Fsp3) is 0.353. The molecule has 0 saturated heterocycles. The molecule has 3 rings (SSSR count). The maximum Gasteiger partial charge on any atom is 0.134 e. The van der Waals surface area contributed by atoms with Crippen molar-refractivity contribution in [1.29, 1.82) is 5.26 Å². The summed E-state index contributed by atoms with van der Waals surface area (Å²) in [6.45, 7) is 0.615. The van der Waals surface area contributed by atoms with E-state index >= 15 is 0 Å². The molecule has 0 bridgehead atoms. The third-order valence-electron chi connectivity index (χ3n) is 4.01. The number of nitrogens with zero attached hydrogens (tertiary/aromatic N) is 1. The largest absolute Gasteiger partial charge is 0.460 e. The maximum absolute atomic E-state index is 12.9. The van der Waals surface area contributed by atoms with Crippen LogP contribution in [0.2, 0.25) is 0 Å². The van der Waals surface area contributed by atoms with Gasteiger partial charge in [0.1, 0.15) is 17.3 Å². The van der Waals surface area contributed by atoms with Gasteiger partial charge in [-0.25, -0.2) is 4.39 Å². The van der Waals surface area contributed by atoms with E-state index in [0.29, 0.717) is 6.54 Å². The number of nitriles is 1. The van der Waals surface area contributed by atoms with Crippen LogP contribution >= 0.6 is 0 Å². The first-order valence-electron chi connectivity index (χ1n) is 7.24. The van der Waals surface area contributed by atoms with Gasteiger partial charge in [-0.2, -0.15) is 5.26 Å². The van der Waals surface area contributed by atoms with Crippen LogP contribution in [-0.4, -0.2) is 6.04 Å². The standard InChI is InChI=1S/C17H17FN2O/c18-14-6-4-12(5-7-14)17-9-8-15(21-17)11-20-16-3-1-2-13(16)10-19/h4-9,13,16,20H,1-3,11H2. The van der Waals surface area contributed by atoms with Gasteiger partial charge in [-0.1, -0.05) is 6.42 Å². The summed E-state index contributed by atoms with van der Waals surface area (Å²) >= 11 is 0. The number of furan rings is 1. The van der Waals surface area contributed by atoms with Crippen molar-refractivity contribution in [2.24, 2.45) is 5.92 Å². The quantitative estimate of drug-likeness (QED) is 0.927. The van der Waals surface area contributed by atoms with Crippen LogP contribution in [0.4, 0.5) is 4.39 Å². The first kappa shape index (κ1) is 13.8. The third kappa shape index (κ3) is 3.14. The fourth-order valence-electron chi connectivity index (χ4n) is 2.83. The van der Waals surface area contributed by atoms with Crippen LogP contribution in [0.15, 0.2) is 40.8 Å². The molecular weight excluding hydrogens is 267 g/mol. The van der Waals surface area contributed by atoms with Crippen LogP contribution in [0.1, 0.15) is 25.0 Å². The average Bonchev–Trinajstić information content (AvgIpc) is 3.14. The minimum Gasteiger partial charge on any atom is -0.460 e. The predicted octanol–water partition coefficient (Wildman–Crippen LogP) is 3.87. The Morgan fingerprint density at radius 1 is 1.19 bits per heavy atom. The molecule has 0 amide bonds. The van der Waals surface area contributed by atoms with Gasteiger partial charge >= 0.3 is 0 Å². The van der Waals surface area contributed by atoms with Crippen LogP contribution in [-0.2, 0) is 6.54 Å². The van der Waals surface area contributed by atoms with E-state index in [1.165, 1.54) is 12.1 Å². The number of nitrogens with one attached hydrogen (secondary N) is 1. The summed E-state index contributed by atoms with van der Waals surface area (Å²) in [6, 6.07) is 12.7. The van der Waals surface area contributed by atoms with Crippen molar-refractivity contribution in [2.75, 3.05) is 0 Å². The molecule has 2 unspecified atom stereocenters. The van der Waals surface area contributed by atoms with Crippen LogP contribution < -0.4 is 5.32 Å². The van der Waals surface area contributed by atoms with E-state index in [9.17, 15) is 4.39 Å². The molecule has 1 fully saturated rings. The molecule has 0 radical (unpaired) electrons. The monoisotopic (exact) mass is 284 g/mol. The highest BCUT2D eigenvalue weighted by molar-refractivity contribution is 5.57. The second-order valence-corrected chi connectivity index (χ2v) is 5.43.